The molecule has 1 aromatic rings. The largest absolute Gasteiger partial charge is 0.0545 e. The van der Waals surface area contributed by atoms with E-state index < -0.39 is 0 Å². The van der Waals surface area contributed by atoms with Gasteiger partial charge in [0.2, 0.25) is 0 Å². The maximum Gasteiger partial charge on any atom is 0.0255 e. The number of halogens is 2. The predicted molar refractivity (Wildman–Crippen MR) is 55.0 cm³/mol. The molecule has 0 N–H and O–H groups in total. The van der Waals surface area contributed by atoms with Crippen molar-refractivity contribution in [1.29, 1.82) is 0 Å². The summed E-state index contributed by atoms with van der Waals surface area (Å²) in [5, 5.41) is 0. The van der Waals surface area contributed by atoms with Crippen molar-refractivity contribution in [1.82, 2.24) is 0 Å². The summed E-state index contributed by atoms with van der Waals surface area (Å²) in [6.07, 6.45) is 0. The number of benzene rings is 1. The second-order valence-electron chi connectivity index (χ2n) is 1.73. The van der Waals surface area contributed by atoms with E-state index in [1.807, 2.05) is 24.3 Å². The van der Waals surface area contributed by atoms with Crippen molar-refractivity contribution in [2.45, 2.75) is 0 Å². The normalized spacial score (nSPS) is 8.20. The van der Waals surface area contributed by atoms with Gasteiger partial charge in [-0.2, -0.15) is 0 Å². The van der Waals surface area contributed by atoms with Gasteiger partial charge in [-0.3, -0.25) is 0 Å². The zero-order valence-electron chi connectivity index (χ0n) is 5.07. The first kappa shape index (κ1) is 8.09. The molecule has 0 atom stereocenters. The van der Waals surface area contributed by atoms with Gasteiger partial charge in [0, 0.05) is 25.1 Å². The maximum absolute atomic E-state index is 3.04. The Morgan fingerprint density at radius 3 is 2.30 bits per heavy atom. The summed E-state index contributed by atoms with van der Waals surface area (Å²) < 4.78 is 1.23. The molecule has 0 aliphatic heterocycles. The second-order valence-corrected chi connectivity index (χ2v) is 3.37. The van der Waals surface area contributed by atoms with Crippen LogP contribution < -0.4 is 0 Å². The Kier molecular flexibility index (Phi) is 3.23. The van der Waals surface area contributed by atoms with Crippen LogP contribution in [0, 0.1) is 14.3 Å². The van der Waals surface area contributed by atoms with Crippen molar-refractivity contribution in [3.8, 4) is 10.8 Å². The third-order valence-electron chi connectivity index (χ3n) is 1.04. The Labute approximate surface area is 82.3 Å². The fraction of sp³-hybridized carbons (Fsp3) is 0. The minimum Gasteiger partial charge on any atom is -0.0545 e. The fourth-order valence-electron chi connectivity index (χ4n) is 0.588. The van der Waals surface area contributed by atoms with Gasteiger partial charge in [-0.1, -0.05) is 5.92 Å². The Morgan fingerprint density at radius 2 is 1.80 bits per heavy atom. The standard InChI is InChI=1S/C8H4BrI/c9-6-5-7-1-3-8(10)4-2-7/h1-4H. The molecule has 0 saturated carbocycles. The van der Waals surface area contributed by atoms with Crippen LogP contribution in [0.3, 0.4) is 0 Å². The predicted octanol–water partition coefficient (Wildman–Crippen LogP) is 3.00. The first-order valence-corrected chi connectivity index (χ1v) is 4.57. The zero-order valence-corrected chi connectivity index (χ0v) is 8.81. The summed E-state index contributed by atoms with van der Waals surface area (Å²) in [5.74, 6) is 2.90. The van der Waals surface area contributed by atoms with Gasteiger partial charge in [0.25, 0.3) is 0 Å². The first-order chi connectivity index (χ1) is 4.83. The van der Waals surface area contributed by atoms with Crippen LogP contribution in [0.2, 0.25) is 0 Å². The summed E-state index contributed by atoms with van der Waals surface area (Å²) in [6, 6.07) is 8.06. The van der Waals surface area contributed by atoms with Crippen LogP contribution in [0.15, 0.2) is 24.3 Å². The highest BCUT2D eigenvalue weighted by Gasteiger charge is 1.84. The summed E-state index contributed by atoms with van der Waals surface area (Å²) in [4.78, 5) is 2.66. The average molecular weight is 307 g/mol. The Hall–Kier alpha value is -0.0100. The van der Waals surface area contributed by atoms with E-state index in [-0.39, 0.29) is 0 Å². The lowest BCUT2D eigenvalue weighted by molar-refractivity contribution is 1.60. The molecule has 0 aliphatic rings. The molecule has 0 unspecified atom stereocenters. The van der Waals surface area contributed by atoms with E-state index in [4.69, 9.17) is 0 Å². The highest BCUT2D eigenvalue weighted by atomic mass is 127. The zero-order chi connectivity index (χ0) is 7.40. The van der Waals surface area contributed by atoms with Crippen LogP contribution in [0.1, 0.15) is 5.56 Å². The molecule has 0 amide bonds. The van der Waals surface area contributed by atoms with E-state index >= 15 is 0 Å². The summed E-state index contributed by atoms with van der Waals surface area (Å²) >= 11 is 5.31. The number of hydrogen-bond acceptors (Lipinski definition) is 0. The van der Waals surface area contributed by atoms with E-state index in [0.29, 0.717) is 0 Å². The van der Waals surface area contributed by atoms with Gasteiger partial charge in [0.15, 0.2) is 0 Å². The molecule has 0 spiro atoms. The Bertz CT molecular complexity index is 266. The number of hydrogen-bond donors (Lipinski definition) is 0. The quantitative estimate of drug-likeness (QED) is 0.511. The fourth-order valence-corrected chi connectivity index (χ4v) is 1.18. The summed E-state index contributed by atoms with van der Waals surface area (Å²) in [7, 11) is 0. The smallest absolute Gasteiger partial charge is 0.0255 e. The average Bonchev–Trinajstić information content (AvgIpc) is 1.95. The van der Waals surface area contributed by atoms with Crippen LogP contribution in [-0.4, -0.2) is 0 Å². The molecule has 0 aliphatic carbocycles. The third kappa shape index (κ3) is 2.31. The molecule has 1 aromatic carbocycles. The molecule has 0 heterocycles. The highest BCUT2D eigenvalue weighted by Crippen LogP contribution is 2.05. The van der Waals surface area contributed by atoms with Crippen molar-refractivity contribution in [2.24, 2.45) is 0 Å². The molecule has 0 saturated heterocycles. The van der Waals surface area contributed by atoms with Crippen molar-refractivity contribution >= 4 is 38.5 Å². The first-order valence-electron chi connectivity index (χ1n) is 2.70. The van der Waals surface area contributed by atoms with Gasteiger partial charge >= 0.3 is 0 Å². The van der Waals surface area contributed by atoms with Crippen LogP contribution in [0.25, 0.3) is 0 Å². The van der Waals surface area contributed by atoms with Gasteiger partial charge in [-0.05, 0) is 51.7 Å². The van der Waals surface area contributed by atoms with Crippen molar-refractivity contribution in [3.63, 3.8) is 0 Å². The van der Waals surface area contributed by atoms with Crippen molar-refractivity contribution < 1.29 is 0 Å². The molecule has 2 heteroatoms. The lowest BCUT2D eigenvalue weighted by Gasteiger charge is -1.88. The van der Waals surface area contributed by atoms with Crippen LogP contribution in [0.5, 0.6) is 0 Å². The molecule has 50 valence electrons. The molecule has 0 radical (unpaired) electrons. The van der Waals surface area contributed by atoms with Gasteiger partial charge in [-0.15, -0.1) is 0 Å². The van der Waals surface area contributed by atoms with E-state index in [2.05, 4.69) is 49.3 Å². The highest BCUT2D eigenvalue weighted by molar-refractivity contribution is 14.1. The van der Waals surface area contributed by atoms with Crippen molar-refractivity contribution in [3.05, 3.63) is 33.4 Å². The Morgan fingerprint density at radius 1 is 1.20 bits per heavy atom. The lowest BCUT2D eigenvalue weighted by atomic mass is 10.2. The third-order valence-corrected chi connectivity index (χ3v) is 1.95. The molecule has 0 aromatic heterocycles. The van der Waals surface area contributed by atoms with Crippen molar-refractivity contribution in [2.75, 3.05) is 0 Å². The molecule has 1 rings (SSSR count). The SMILES string of the molecule is BrC#Cc1ccc(I)cc1. The molecule has 0 nitrogen and oxygen atoms in total. The minimum atomic E-state index is 1.04. The van der Waals surface area contributed by atoms with E-state index in [1.54, 1.807) is 0 Å². The Balaban J connectivity index is 2.97. The molecule has 0 bridgehead atoms. The topological polar surface area (TPSA) is 0 Å². The van der Waals surface area contributed by atoms with E-state index in [0.717, 1.165) is 5.56 Å². The molecule has 0 fully saturated rings. The van der Waals surface area contributed by atoms with Gasteiger partial charge in [-0.25, -0.2) is 0 Å². The van der Waals surface area contributed by atoms with E-state index in [9.17, 15) is 0 Å². The van der Waals surface area contributed by atoms with E-state index in [1.165, 1.54) is 3.57 Å². The monoisotopic (exact) mass is 306 g/mol. The molecule has 10 heavy (non-hydrogen) atoms. The van der Waals surface area contributed by atoms with Crippen LogP contribution in [0.4, 0.5) is 0 Å². The second kappa shape index (κ2) is 3.99. The lowest BCUT2D eigenvalue weighted by Crippen LogP contribution is -1.72. The number of rotatable bonds is 0. The summed E-state index contributed by atoms with van der Waals surface area (Å²) in [5.41, 5.74) is 1.04. The maximum atomic E-state index is 3.04. The minimum absolute atomic E-state index is 1.04. The van der Waals surface area contributed by atoms with Crippen LogP contribution in [-0.2, 0) is 0 Å². The summed E-state index contributed by atoms with van der Waals surface area (Å²) in [6.45, 7) is 0. The molecular weight excluding hydrogens is 303 g/mol. The molecular formula is C8H4BrI. The van der Waals surface area contributed by atoms with Crippen LogP contribution >= 0.6 is 38.5 Å². The van der Waals surface area contributed by atoms with Gasteiger partial charge in [0.1, 0.15) is 0 Å². The van der Waals surface area contributed by atoms with Gasteiger partial charge < -0.3 is 0 Å². The van der Waals surface area contributed by atoms with Gasteiger partial charge in [0.05, 0.1) is 0 Å².